The molecule has 1 aliphatic rings. The van der Waals surface area contributed by atoms with Crippen molar-refractivity contribution in [1.82, 2.24) is 4.90 Å². The lowest BCUT2D eigenvalue weighted by molar-refractivity contribution is -0.163. The third-order valence-corrected chi connectivity index (χ3v) is 4.62. The molecule has 0 spiro atoms. The first-order chi connectivity index (χ1) is 11.6. The number of esters is 1. The van der Waals surface area contributed by atoms with Crippen molar-refractivity contribution >= 4 is 18.4 Å². The molecule has 2 aromatic carbocycles. The van der Waals surface area contributed by atoms with Gasteiger partial charge in [-0.3, -0.25) is 0 Å². The van der Waals surface area contributed by atoms with Gasteiger partial charge < -0.3 is 14.7 Å². The summed E-state index contributed by atoms with van der Waals surface area (Å²) in [5.41, 5.74) is -0.748. The topological polar surface area (TPSA) is 49.8 Å². The highest BCUT2D eigenvalue weighted by molar-refractivity contribution is 5.85. The first-order valence-corrected chi connectivity index (χ1v) is 8.30. The standard InChI is InChI=1S/C20H23NO3.ClH/c1-21-13-12-16(14-21)15-24-19(22)20(23,17-8-4-2-5-9-17)18-10-6-3-7-11-18;/h2-11,16,23H,12-15H2,1H3;1H. The molecule has 1 saturated heterocycles. The number of carbonyl (C=O) groups excluding carboxylic acids is 1. The summed E-state index contributed by atoms with van der Waals surface area (Å²) in [5.74, 6) is -0.288. The van der Waals surface area contributed by atoms with Gasteiger partial charge in [0.2, 0.25) is 5.60 Å². The van der Waals surface area contributed by atoms with Crippen LogP contribution in [0.5, 0.6) is 0 Å². The Bertz CT molecular complexity index is 638. The van der Waals surface area contributed by atoms with E-state index in [1.54, 1.807) is 24.3 Å². The maximum Gasteiger partial charge on any atom is 0.347 e. The molecule has 1 heterocycles. The maximum absolute atomic E-state index is 12.8. The highest BCUT2D eigenvalue weighted by Crippen LogP contribution is 2.31. The van der Waals surface area contributed by atoms with Crippen LogP contribution in [0.1, 0.15) is 17.5 Å². The van der Waals surface area contributed by atoms with E-state index in [1.165, 1.54) is 0 Å². The normalized spacial score (nSPS) is 17.8. The number of carbonyl (C=O) groups is 1. The Balaban J connectivity index is 0.00000225. The number of hydrogen-bond donors (Lipinski definition) is 1. The molecule has 5 heteroatoms. The van der Waals surface area contributed by atoms with Crippen molar-refractivity contribution < 1.29 is 14.6 Å². The molecule has 134 valence electrons. The van der Waals surface area contributed by atoms with Crippen LogP contribution in [-0.4, -0.2) is 42.7 Å². The SMILES string of the molecule is CN1CCC(COC(=O)C(O)(c2ccccc2)c2ccccc2)C1.Cl. The monoisotopic (exact) mass is 361 g/mol. The second-order valence-corrected chi connectivity index (χ2v) is 6.46. The molecule has 0 bridgehead atoms. The molecule has 2 aromatic rings. The van der Waals surface area contributed by atoms with E-state index < -0.39 is 11.6 Å². The van der Waals surface area contributed by atoms with Gasteiger partial charge in [-0.1, -0.05) is 60.7 Å². The number of halogens is 1. The van der Waals surface area contributed by atoms with Crippen LogP contribution in [0.15, 0.2) is 60.7 Å². The first-order valence-electron chi connectivity index (χ1n) is 8.30. The number of benzene rings is 2. The molecule has 1 atom stereocenters. The molecule has 4 nitrogen and oxygen atoms in total. The Kier molecular flexibility index (Phi) is 6.59. The fourth-order valence-corrected chi connectivity index (χ4v) is 3.22. The molecule has 0 amide bonds. The van der Waals surface area contributed by atoms with Crippen LogP contribution >= 0.6 is 12.4 Å². The number of nitrogens with zero attached hydrogens (tertiary/aromatic N) is 1. The summed E-state index contributed by atoms with van der Waals surface area (Å²) >= 11 is 0. The van der Waals surface area contributed by atoms with E-state index in [2.05, 4.69) is 11.9 Å². The van der Waals surface area contributed by atoms with Crippen LogP contribution in [0.25, 0.3) is 0 Å². The van der Waals surface area contributed by atoms with Gasteiger partial charge in [0.15, 0.2) is 0 Å². The van der Waals surface area contributed by atoms with Gasteiger partial charge >= 0.3 is 5.97 Å². The van der Waals surface area contributed by atoms with Gasteiger partial charge in [0.1, 0.15) is 0 Å². The minimum absolute atomic E-state index is 0. The van der Waals surface area contributed by atoms with E-state index >= 15 is 0 Å². The summed E-state index contributed by atoms with van der Waals surface area (Å²) < 4.78 is 5.53. The Labute approximate surface area is 154 Å². The molecule has 1 fully saturated rings. The van der Waals surface area contributed by atoms with Crippen molar-refractivity contribution in [2.45, 2.75) is 12.0 Å². The molecule has 0 aromatic heterocycles. The largest absolute Gasteiger partial charge is 0.463 e. The Morgan fingerprint density at radius 2 is 1.64 bits per heavy atom. The van der Waals surface area contributed by atoms with Gasteiger partial charge in [0, 0.05) is 12.5 Å². The number of aliphatic hydroxyl groups is 1. The first kappa shape index (κ1) is 19.4. The fourth-order valence-electron chi connectivity index (χ4n) is 3.22. The quantitative estimate of drug-likeness (QED) is 0.832. The molecule has 1 N–H and O–H groups in total. The zero-order valence-electron chi connectivity index (χ0n) is 14.3. The molecule has 3 rings (SSSR count). The van der Waals surface area contributed by atoms with Crippen molar-refractivity contribution in [2.75, 3.05) is 26.7 Å². The van der Waals surface area contributed by atoms with Crippen LogP contribution in [0, 0.1) is 5.92 Å². The molecular weight excluding hydrogens is 338 g/mol. The predicted octanol–water partition coefficient (Wildman–Crippen LogP) is 2.84. The predicted molar refractivity (Wildman–Crippen MR) is 99.7 cm³/mol. The molecule has 1 aliphatic heterocycles. The van der Waals surface area contributed by atoms with Crippen molar-refractivity contribution in [1.29, 1.82) is 0 Å². The average molecular weight is 362 g/mol. The van der Waals surface area contributed by atoms with Gasteiger partial charge in [-0.2, -0.15) is 0 Å². The third-order valence-electron chi connectivity index (χ3n) is 4.62. The van der Waals surface area contributed by atoms with Crippen molar-refractivity contribution in [3.05, 3.63) is 71.8 Å². The van der Waals surface area contributed by atoms with Crippen LogP contribution in [0.4, 0.5) is 0 Å². The number of rotatable bonds is 5. The summed E-state index contributed by atoms with van der Waals surface area (Å²) in [5, 5.41) is 11.3. The molecule has 0 aliphatic carbocycles. The van der Waals surface area contributed by atoms with Crippen LogP contribution < -0.4 is 0 Å². The summed E-state index contributed by atoms with van der Waals surface area (Å²) in [6.07, 6.45) is 1.01. The van der Waals surface area contributed by atoms with Crippen LogP contribution in [0.3, 0.4) is 0 Å². The highest BCUT2D eigenvalue weighted by Gasteiger charge is 2.42. The van der Waals surface area contributed by atoms with Crippen LogP contribution in [0.2, 0.25) is 0 Å². The van der Waals surface area contributed by atoms with Gasteiger partial charge in [-0.15, -0.1) is 12.4 Å². The van der Waals surface area contributed by atoms with E-state index in [-0.39, 0.29) is 12.4 Å². The van der Waals surface area contributed by atoms with Gasteiger partial charge in [-0.05, 0) is 31.1 Å². The minimum Gasteiger partial charge on any atom is -0.463 e. The van der Waals surface area contributed by atoms with Crippen molar-refractivity contribution in [3.8, 4) is 0 Å². The van der Waals surface area contributed by atoms with Gasteiger partial charge in [-0.25, -0.2) is 4.79 Å². The Hall–Kier alpha value is -1.88. The third kappa shape index (κ3) is 4.21. The van der Waals surface area contributed by atoms with Gasteiger partial charge in [0.05, 0.1) is 6.61 Å². The average Bonchev–Trinajstić information content (AvgIpc) is 3.05. The maximum atomic E-state index is 12.8. The lowest BCUT2D eigenvalue weighted by Gasteiger charge is -2.27. The summed E-state index contributed by atoms with van der Waals surface area (Å²) in [4.78, 5) is 15.0. The zero-order valence-corrected chi connectivity index (χ0v) is 15.1. The van der Waals surface area contributed by atoms with E-state index in [0.29, 0.717) is 23.7 Å². The van der Waals surface area contributed by atoms with Crippen LogP contribution in [-0.2, 0) is 15.1 Å². The lowest BCUT2D eigenvalue weighted by atomic mass is 9.86. The van der Waals surface area contributed by atoms with E-state index in [0.717, 1.165) is 19.5 Å². The molecule has 0 saturated carbocycles. The second kappa shape index (κ2) is 8.48. The second-order valence-electron chi connectivity index (χ2n) is 6.46. The van der Waals surface area contributed by atoms with E-state index in [4.69, 9.17) is 4.74 Å². The fraction of sp³-hybridized carbons (Fsp3) is 0.350. The molecule has 25 heavy (non-hydrogen) atoms. The molecule has 1 unspecified atom stereocenters. The smallest absolute Gasteiger partial charge is 0.347 e. The van der Waals surface area contributed by atoms with Gasteiger partial charge in [0.25, 0.3) is 0 Å². The number of ether oxygens (including phenoxy) is 1. The van der Waals surface area contributed by atoms with Crippen molar-refractivity contribution in [3.63, 3.8) is 0 Å². The summed E-state index contributed by atoms with van der Waals surface area (Å²) in [6, 6.07) is 17.9. The zero-order chi connectivity index (χ0) is 17.0. The highest BCUT2D eigenvalue weighted by atomic mass is 35.5. The minimum atomic E-state index is -1.78. The number of likely N-dealkylation sites (tertiary alicyclic amines) is 1. The van der Waals surface area contributed by atoms with E-state index in [9.17, 15) is 9.90 Å². The van der Waals surface area contributed by atoms with Crippen molar-refractivity contribution in [2.24, 2.45) is 5.92 Å². The summed E-state index contributed by atoms with van der Waals surface area (Å²) in [6.45, 7) is 2.28. The molecule has 0 radical (unpaired) electrons. The lowest BCUT2D eigenvalue weighted by Crippen LogP contribution is -2.39. The number of hydrogen-bond acceptors (Lipinski definition) is 4. The van der Waals surface area contributed by atoms with E-state index in [1.807, 2.05) is 36.4 Å². The Morgan fingerprint density at radius 3 is 2.08 bits per heavy atom. The Morgan fingerprint density at radius 1 is 1.12 bits per heavy atom. The molecular formula is C20H24ClNO3. The summed E-state index contributed by atoms with van der Waals surface area (Å²) in [7, 11) is 2.06.